The minimum atomic E-state index is -0.865. The summed E-state index contributed by atoms with van der Waals surface area (Å²) in [6.07, 6.45) is 1.32. The molecule has 10 heteroatoms. The van der Waals surface area contributed by atoms with Crippen molar-refractivity contribution in [2.24, 2.45) is 0 Å². The topological polar surface area (TPSA) is 105 Å². The molecule has 0 radical (unpaired) electrons. The Bertz CT molecular complexity index is 1450. The second-order valence-electron chi connectivity index (χ2n) is 8.21. The van der Waals surface area contributed by atoms with Crippen molar-refractivity contribution >= 4 is 64.4 Å². The second kappa shape index (κ2) is 10.9. The van der Waals surface area contributed by atoms with Gasteiger partial charge in [-0.1, -0.05) is 41.4 Å². The fourth-order valence-corrected chi connectivity index (χ4v) is 3.96. The maximum absolute atomic E-state index is 13.0. The lowest BCUT2D eigenvalue weighted by Crippen LogP contribution is -2.54. The van der Waals surface area contributed by atoms with Crippen LogP contribution in [0.25, 0.3) is 6.08 Å². The van der Waals surface area contributed by atoms with Crippen LogP contribution in [0.5, 0.6) is 5.75 Å². The Balaban J connectivity index is 1.47. The smallest absolute Gasteiger partial charge is 0.335 e. The number of nitrogens with zero attached hydrogens (tertiary/aromatic N) is 1. The lowest BCUT2D eigenvalue weighted by Gasteiger charge is -2.26. The van der Waals surface area contributed by atoms with Gasteiger partial charge in [-0.3, -0.25) is 19.7 Å². The maximum Gasteiger partial charge on any atom is 0.335 e. The van der Waals surface area contributed by atoms with Crippen LogP contribution in [0.15, 0.2) is 66.2 Å². The number of imide groups is 2. The van der Waals surface area contributed by atoms with Crippen LogP contribution in [0.4, 0.5) is 16.2 Å². The number of carbonyl (C=O) groups is 4. The van der Waals surface area contributed by atoms with E-state index in [2.05, 4.69) is 10.6 Å². The molecule has 0 atom stereocenters. The SMILES string of the molecule is Cc1cccc(NC(=O)COc2ccc(/C=C3/C(=O)NC(=O)N(c4ccc(Cl)cc4)C3=O)cc2Cl)c1C. The zero-order chi connectivity index (χ0) is 26.7. The third-order valence-corrected chi connectivity index (χ3v) is 6.24. The van der Waals surface area contributed by atoms with Crippen molar-refractivity contribution in [3.63, 3.8) is 0 Å². The Labute approximate surface area is 222 Å². The minimum Gasteiger partial charge on any atom is -0.482 e. The van der Waals surface area contributed by atoms with Crippen LogP contribution in [-0.4, -0.2) is 30.4 Å². The molecule has 3 aromatic rings. The first kappa shape index (κ1) is 25.9. The first-order valence-corrected chi connectivity index (χ1v) is 11.8. The molecule has 0 spiro atoms. The average molecular weight is 538 g/mol. The summed E-state index contributed by atoms with van der Waals surface area (Å²) in [5.74, 6) is -1.74. The highest BCUT2D eigenvalue weighted by molar-refractivity contribution is 6.39. The summed E-state index contributed by atoms with van der Waals surface area (Å²) in [6, 6.07) is 15.4. The number of nitrogens with one attached hydrogen (secondary N) is 2. The molecular weight excluding hydrogens is 517 g/mol. The van der Waals surface area contributed by atoms with E-state index in [1.54, 1.807) is 12.1 Å². The van der Waals surface area contributed by atoms with Gasteiger partial charge in [-0.25, -0.2) is 9.69 Å². The molecule has 0 bridgehead atoms. The number of hydrogen-bond acceptors (Lipinski definition) is 5. The van der Waals surface area contributed by atoms with Crippen molar-refractivity contribution in [1.29, 1.82) is 0 Å². The van der Waals surface area contributed by atoms with Crippen molar-refractivity contribution in [2.75, 3.05) is 16.8 Å². The van der Waals surface area contributed by atoms with Crippen molar-refractivity contribution in [1.82, 2.24) is 5.32 Å². The Morgan fingerprint density at radius 2 is 1.76 bits per heavy atom. The highest BCUT2D eigenvalue weighted by Gasteiger charge is 2.36. The molecule has 1 heterocycles. The summed E-state index contributed by atoms with van der Waals surface area (Å²) >= 11 is 12.2. The number of ether oxygens (including phenoxy) is 1. The normalized spacial score (nSPS) is 14.5. The van der Waals surface area contributed by atoms with E-state index in [9.17, 15) is 19.2 Å². The van der Waals surface area contributed by atoms with Crippen molar-refractivity contribution in [3.05, 3.63) is 93.0 Å². The predicted octanol–water partition coefficient (Wildman–Crippen LogP) is 5.29. The van der Waals surface area contributed by atoms with Gasteiger partial charge in [-0.15, -0.1) is 0 Å². The summed E-state index contributed by atoms with van der Waals surface area (Å²) in [4.78, 5) is 50.9. The molecule has 37 heavy (non-hydrogen) atoms. The van der Waals surface area contributed by atoms with Crippen molar-refractivity contribution in [3.8, 4) is 5.75 Å². The standard InChI is InChI=1S/C27H21Cl2N3O5/c1-15-4-3-5-22(16(15)2)30-24(33)14-37-23-11-6-17(13-21(23)29)12-20-25(34)31-27(36)32(26(20)35)19-9-7-18(28)8-10-19/h3-13H,14H2,1-2H3,(H,30,33)(H,31,34,36)/b20-12-. The molecule has 1 aliphatic heterocycles. The molecule has 1 aliphatic rings. The van der Waals surface area contributed by atoms with Crippen LogP contribution in [0.2, 0.25) is 10.0 Å². The number of barbiturate groups is 1. The van der Waals surface area contributed by atoms with Crippen molar-refractivity contribution in [2.45, 2.75) is 13.8 Å². The quantitative estimate of drug-likeness (QED) is 0.328. The molecule has 0 unspecified atom stereocenters. The molecule has 0 saturated carbocycles. The summed E-state index contributed by atoms with van der Waals surface area (Å²) in [5, 5.41) is 5.56. The first-order chi connectivity index (χ1) is 17.6. The first-order valence-electron chi connectivity index (χ1n) is 11.1. The number of aryl methyl sites for hydroxylation is 1. The van der Waals surface area contributed by atoms with Gasteiger partial charge in [-0.05, 0) is 79.1 Å². The van der Waals surface area contributed by atoms with Gasteiger partial charge in [0.2, 0.25) is 0 Å². The second-order valence-corrected chi connectivity index (χ2v) is 9.05. The molecule has 2 N–H and O–H groups in total. The van der Waals surface area contributed by atoms with Crippen LogP contribution in [0, 0.1) is 13.8 Å². The fraction of sp³-hybridized carbons (Fsp3) is 0.111. The Morgan fingerprint density at radius 1 is 1.03 bits per heavy atom. The molecule has 3 aromatic carbocycles. The zero-order valence-electron chi connectivity index (χ0n) is 19.8. The van der Waals surface area contributed by atoms with Crippen LogP contribution in [-0.2, 0) is 14.4 Å². The van der Waals surface area contributed by atoms with Gasteiger partial charge in [0.1, 0.15) is 11.3 Å². The Morgan fingerprint density at radius 3 is 2.46 bits per heavy atom. The predicted molar refractivity (Wildman–Crippen MR) is 142 cm³/mol. The summed E-state index contributed by atoms with van der Waals surface area (Å²) in [7, 11) is 0. The van der Waals surface area contributed by atoms with Gasteiger partial charge in [0.15, 0.2) is 6.61 Å². The lowest BCUT2D eigenvalue weighted by molar-refractivity contribution is -0.122. The van der Waals surface area contributed by atoms with E-state index >= 15 is 0 Å². The summed E-state index contributed by atoms with van der Waals surface area (Å²) in [6.45, 7) is 3.60. The molecule has 8 nitrogen and oxygen atoms in total. The third-order valence-electron chi connectivity index (χ3n) is 5.69. The largest absolute Gasteiger partial charge is 0.482 e. The number of amides is 5. The summed E-state index contributed by atoms with van der Waals surface area (Å²) < 4.78 is 5.55. The highest BCUT2D eigenvalue weighted by atomic mass is 35.5. The van der Waals surface area contributed by atoms with E-state index in [1.165, 1.54) is 42.5 Å². The van der Waals surface area contributed by atoms with Gasteiger partial charge in [0.25, 0.3) is 17.7 Å². The van der Waals surface area contributed by atoms with Crippen LogP contribution >= 0.6 is 23.2 Å². The number of halogens is 2. The van der Waals surface area contributed by atoms with Crippen LogP contribution in [0.1, 0.15) is 16.7 Å². The molecule has 5 amide bonds. The maximum atomic E-state index is 13.0. The van der Waals surface area contributed by atoms with E-state index in [1.807, 2.05) is 26.0 Å². The molecular formula is C27H21Cl2N3O5. The Hall–Kier alpha value is -4.14. The third kappa shape index (κ3) is 5.82. The van der Waals surface area contributed by atoms with Gasteiger partial charge >= 0.3 is 6.03 Å². The van der Waals surface area contributed by atoms with Gasteiger partial charge in [-0.2, -0.15) is 0 Å². The lowest BCUT2D eigenvalue weighted by atomic mass is 10.1. The van der Waals surface area contributed by atoms with Gasteiger partial charge in [0, 0.05) is 10.7 Å². The highest BCUT2D eigenvalue weighted by Crippen LogP contribution is 2.28. The fourth-order valence-electron chi connectivity index (χ4n) is 3.59. The molecule has 1 fully saturated rings. The minimum absolute atomic E-state index is 0.170. The molecule has 0 aromatic heterocycles. The van der Waals surface area contributed by atoms with E-state index < -0.39 is 17.8 Å². The average Bonchev–Trinajstić information content (AvgIpc) is 2.85. The van der Waals surface area contributed by atoms with E-state index in [0.29, 0.717) is 16.3 Å². The summed E-state index contributed by atoms with van der Waals surface area (Å²) in [5.41, 5.74) is 3.13. The number of carbonyl (C=O) groups excluding carboxylic acids is 4. The molecule has 1 saturated heterocycles. The van der Waals surface area contributed by atoms with Crippen LogP contribution < -0.4 is 20.3 Å². The van der Waals surface area contributed by atoms with E-state index in [0.717, 1.165) is 16.0 Å². The number of rotatable bonds is 6. The molecule has 4 rings (SSSR count). The Kier molecular flexibility index (Phi) is 7.61. The molecule has 0 aliphatic carbocycles. The van der Waals surface area contributed by atoms with E-state index in [-0.39, 0.29) is 34.5 Å². The van der Waals surface area contributed by atoms with Gasteiger partial charge in [0.05, 0.1) is 10.7 Å². The number of urea groups is 1. The van der Waals surface area contributed by atoms with Gasteiger partial charge < -0.3 is 10.1 Å². The van der Waals surface area contributed by atoms with E-state index in [4.69, 9.17) is 27.9 Å². The van der Waals surface area contributed by atoms with Crippen molar-refractivity contribution < 1.29 is 23.9 Å². The number of benzene rings is 3. The number of hydrogen-bond donors (Lipinski definition) is 2. The van der Waals surface area contributed by atoms with Crippen LogP contribution in [0.3, 0.4) is 0 Å². The zero-order valence-corrected chi connectivity index (χ0v) is 21.3. The number of anilines is 2. The molecule has 188 valence electrons. The monoisotopic (exact) mass is 537 g/mol.